The second kappa shape index (κ2) is 9.94. The molecule has 45 heavy (non-hydrogen) atoms. The normalized spacial score (nSPS) is 17.6. The summed E-state index contributed by atoms with van der Waals surface area (Å²) in [5.74, 6) is 0.526. The van der Waals surface area contributed by atoms with Crippen LogP contribution in [0.1, 0.15) is 56.5 Å². The van der Waals surface area contributed by atoms with E-state index < -0.39 is 0 Å². The molecule has 2 unspecified atom stereocenters. The van der Waals surface area contributed by atoms with E-state index in [-0.39, 0.29) is 5.92 Å². The van der Waals surface area contributed by atoms with Gasteiger partial charge in [-0.05, 0) is 85.1 Å². The molecule has 0 spiro atoms. The van der Waals surface area contributed by atoms with Gasteiger partial charge in [-0.2, -0.15) is 0 Å². The van der Waals surface area contributed by atoms with E-state index >= 15 is 0 Å². The number of hydrogen-bond acceptors (Lipinski definition) is 0. The second-order valence-corrected chi connectivity index (χ2v) is 12.1. The number of aromatic nitrogens is 1. The predicted molar refractivity (Wildman–Crippen MR) is 193 cm³/mol. The molecule has 9 rings (SSSR count). The summed E-state index contributed by atoms with van der Waals surface area (Å²) in [6.45, 7) is 7.79. The van der Waals surface area contributed by atoms with Gasteiger partial charge in [0.15, 0.2) is 0 Å². The molecule has 0 radical (unpaired) electrons. The molecule has 3 aliphatic rings. The summed E-state index contributed by atoms with van der Waals surface area (Å²) in [5, 5.41) is 4.02. The number of fused-ring (bicyclic) bond motifs is 3. The molecule has 0 fully saturated rings. The molecule has 0 saturated carbocycles. The minimum absolute atomic E-state index is 0.231. The Kier molecular flexibility index (Phi) is 5.70. The van der Waals surface area contributed by atoms with Crippen molar-refractivity contribution in [3.8, 4) is 5.69 Å². The van der Waals surface area contributed by atoms with Gasteiger partial charge in [-0.3, -0.25) is 0 Å². The summed E-state index contributed by atoms with van der Waals surface area (Å²) < 4.78 is 2.49. The average Bonchev–Trinajstić information content (AvgIpc) is 3.56. The van der Waals surface area contributed by atoms with Gasteiger partial charge in [-0.15, -0.1) is 0 Å². The summed E-state index contributed by atoms with van der Waals surface area (Å²) in [7, 11) is 0. The standard InChI is InChI=1S/C44H31N/c1-3-5-13-28-21-23-32(27-31(28)14-6-4-2)45-37-25-22-30-17-12-20-36-39(29-15-8-7-9-16-29)41-34-19-11-10-18-33(34)35-24-26-38(45)44(42(35)41)43(37)40(30)36/h3-27,35,42H,1-2H2/b13-5-,14-6-. The molecule has 0 saturated heterocycles. The Labute approximate surface area is 263 Å². The van der Waals surface area contributed by atoms with Crippen molar-refractivity contribution < 1.29 is 0 Å². The number of nitrogens with zero attached hydrogens (tertiary/aromatic N) is 1. The highest BCUT2D eigenvalue weighted by Crippen LogP contribution is 2.62. The van der Waals surface area contributed by atoms with Gasteiger partial charge in [-0.25, -0.2) is 0 Å². The van der Waals surface area contributed by atoms with Crippen LogP contribution in [0.4, 0.5) is 0 Å². The molecule has 2 atom stereocenters. The number of rotatable bonds is 6. The van der Waals surface area contributed by atoms with Crippen molar-refractivity contribution >= 4 is 51.0 Å². The van der Waals surface area contributed by atoms with Crippen molar-refractivity contribution in [2.75, 3.05) is 0 Å². The van der Waals surface area contributed by atoms with E-state index in [1.807, 2.05) is 24.3 Å². The number of benzene rings is 5. The molecule has 1 heteroatoms. The molecule has 0 amide bonds. The fraction of sp³-hybridized carbons (Fsp3) is 0.0455. The van der Waals surface area contributed by atoms with Gasteiger partial charge in [0.1, 0.15) is 0 Å². The first-order chi connectivity index (χ1) is 22.3. The molecule has 212 valence electrons. The molecule has 0 N–H and O–H groups in total. The van der Waals surface area contributed by atoms with Crippen molar-refractivity contribution in [2.24, 2.45) is 0 Å². The first kappa shape index (κ1) is 25.8. The third-order valence-electron chi connectivity index (χ3n) is 9.86. The summed E-state index contributed by atoms with van der Waals surface area (Å²) >= 11 is 0. The second-order valence-electron chi connectivity index (χ2n) is 12.1. The summed E-state index contributed by atoms with van der Waals surface area (Å²) in [4.78, 5) is 0. The molecule has 0 aliphatic heterocycles. The molecular weight excluding hydrogens is 542 g/mol. The van der Waals surface area contributed by atoms with Crippen LogP contribution in [0, 0.1) is 0 Å². The SMILES string of the molecule is C=C/C=C\c1ccc(-n2c3c4c5c6c(cccc6ccc52)C(c2ccccc2)=C2c5ccccc5C(C=C3)C24)cc1/C=C\C=C. The van der Waals surface area contributed by atoms with Crippen LogP contribution in [0.25, 0.3) is 56.7 Å². The monoisotopic (exact) mass is 573 g/mol. The third-order valence-corrected chi connectivity index (χ3v) is 9.86. The Hall–Kier alpha value is -5.66. The Bertz CT molecular complexity index is 2350. The van der Waals surface area contributed by atoms with Crippen LogP contribution < -0.4 is 0 Å². The molecule has 5 aromatic carbocycles. The van der Waals surface area contributed by atoms with Crippen LogP contribution >= 0.6 is 0 Å². The van der Waals surface area contributed by atoms with Gasteiger partial charge in [-0.1, -0.05) is 141 Å². The highest BCUT2D eigenvalue weighted by Gasteiger charge is 2.44. The van der Waals surface area contributed by atoms with Crippen molar-refractivity contribution in [3.05, 3.63) is 191 Å². The molecule has 6 aromatic rings. The lowest BCUT2D eigenvalue weighted by atomic mass is 9.78. The van der Waals surface area contributed by atoms with Crippen LogP contribution in [0.5, 0.6) is 0 Å². The minimum Gasteiger partial charge on any atom is -0.310 e. The van der Waals surface area contributed by atoms with Gasteiger partial charge in [0.2, 0.25) is 0 Å². The van der Waals surface area contributed by atoms with E-state index in [0.717, 1.165) is 16.8 Å². The highest BCUT2D eigenvalue weighted by atomic mass is 15.0. The van der Waals surface area contributed by atoms with Crippen molar-refractivity contribution in [2.45, 2.75) is 11.8 Å². The average molecular weight is 574 g/mol. The zero-order valence-corrected chi connectivity index (χ0v) is 24.9. The lowest BCUT2D eigenvalue weighted by Crippen LogP contribution is -2.11. The quantitative estimate of drug-likeness (QED) is 0.175. The molecule has 1 heterocycles. The number of allylic oxidation sites excluding steroid dienone is 6. The van der Waals surface area contributed by atoms with Crippen molar-refractivity contribution in [1.29, 1.82) is 0 Å². The Morgan fingerprint density at radius 3 is 2.29 bits per heavy atom. The van der Waals surface area contributed by atoms with Crippen LogP contribution in [-0.2, 0) is 0 Å². The van der Waals surface area contributed by atoms with Crippen molar-refractivity contribution in [3.63, 3.8) is 0 Å². The van der Waals surface area contributed by atoms with Crippen LogP contribution in [-0.4, -0.2) is 4.57 Å². The Morgan fingerprint density at radius 1 is 0.667 bits per heavy atom. The summed E-state index contributed by atoms with van der Waals surface area (Å²) in [6.07, 6.45) is 16.8. The van der Waals surface area contributed by atoms with Gasteiger partial charge in [0, 0.05) is 22.9 Å². The number of hydrogen-bond donors (Lipinski definition) is 0. The fourth-order valence-electron chi connectivity index (χ4n) is 8.16. The van der Waals surface area contributed by atoms with Crippen molar-refractivity contribution in [1.82, 2.24) is 4.57 Å². The summed E-state index contributed by atoms with van der Waals surface area (Å²) in [5.41, 5.74) is 15.7. The van der Waals surface area contributed by atoms with Crippen LogP contribution in [0.2, 0.25) is 0 Å². The van der Waals surface area contributed by atoms with E-state index in [4.69, 9.17) is 0 Å². The molecule has 0 bridgehead atoms. The fourth-order valence-corrected chi connectivity index (χ4v) is 8.16. The maximum absolute atomic E-state index is 3.92. The van der Waals surface area contributed by atoms with E-state index in [1.165, 1.54) is 66.3 Å². The largest absolute Gasteiger partial charge is 0.310 e. The first-order valence-electron chi connectivity index (χ1n) is 15.7. The smallest absolute Gasteiger partial charge is 0.0544 e. The summed E-state index contributed by atoms with van der Waals surface area (Å²) in [6, 6.07) is 38.4. The van der Waals surface area contributed by atoms with Gasteiger partial charge >= 0.3 is 0 Å². The molecule has 1 nitrogen and oxygen atoms in total. The highest BCUT2D eigenvalue weighted by molar-refractivity contribution is 6.22. The topological polar surface area (TPSA) is 4.93 Å². The van der Waals surface area contributed by atoms with Crippen LogP contribution in [0.15, 0.2) is 147 Å². The molecule has 3 aliphatic carbocycles. The van der Waals surface area contributed by atoms with Crippen LogP contribution in [0.3, 0.4) is 0 Å². The minimum atomic E-state index is 0.231. The Morgan fingerprint density at radius 2 is 1.44 bits per heavy atom. The van der Waals surface area contributed by atoms with Gasteiger partial charge in [0.25, 0.3) is 0 Å². The molecule has 1 aromatic heterocycles. The molecular formula is C44H31N. The first-order valence-corrected chi connectivity index (χ1v) is 15.7. The zero-order chi connectivity index (χ0) is 30.1. The van der Waals surface area contributed by atoms with Gasteiger partial charge in [0.05, 0.1) is 11.2 Å². The third kappa shape index (κ3) is 3.62. The maximum atomic E-state index is 3.92. The lowest BCUT2D eigenvalue weighted by Gasteiger charge is -2.25. The lowest BCUT2D eigenvalue weighted by molar-refractivity contribution is 0.783. The zero-order valence-electron chi connectivity index (χ0n) is 24.9. The maximum Gasteiger partial charge on any atom is 0.0544 e. The Balaban J connectivity index is 1.43. The van der Waals surface area contributed by atoms with E-state index in [0.29, 0.717) is 5.92 Å². The van der Waals surface area contributed by atoms with E-state index in [1.54, 1.807) is 0 Å². The predicted octanol–water partition coefficient (Wildman–Crippen LogP) is 11.4. The van der Waals surface area contributed by atoms with E-state index in [2.05, 4.69) is 145 Å². The van der Waals surface area contributed by atoms with Gasteiger partial charge < -0.3 is 4.57 Å². The van der Waals surface area contributed by atoms with E-state index in [9.17, 15) is 0 Å².